The van der Waals surface area contributed by atoms with Crippen LogP contribution in [0.3, 0.4) is 0 Å². The van der Waals surface area contributed by atoms with Gasteiger partial charge in [-0.25, -0.2) is 13.4 Å². The third-order valence-corrected chi connectivity index (χ3v) is 8.95. The van der Waals surface area contributed by atoms with Gasteiger partial charge < -0.3 is 4.90 Å². The van der Waals surface area contributed by atoms with E-state index in [4.69, 9.17) is 0 Å². The summed E-state index contributed by atoms with van der Waals surface area (Å²) in [6.07, 6.45) is 0.798. The topological polar surface area (TPSA) is 114 Å². The number of non-ortho nitro benzene ring substituents is 1. The molecule has 2 heterocycles. The molecule has 0 N–H and O–H groups in total. The fraction of sp³-hybridized carbons (Fsp3) is 0.364. The van der Waals surface area contributed by atoms with Crippen molar-refractivity contribution in [2.45, 2.75) is 31.2 Å². The summed E-state index contributed by atoms with van der Waals surface area (Å²) in [6.45, 7) is 2.40. The Kier molecular flexibility index (Phi) is 6.46. The number of piperidine rings is 1. The normalized spacial score (nSPS) is 15.6. The van der Waals surface area contributed by atoms with E-state index in [-0.39, 0.29) is 35.5 Å². The van der Waals surface area contributed by atoms with Crippen molar-refractivity contribution < 1.29 is 18.1 Å². The van der Waals surface area contributed by atoms with E-state index in [0.29, 0.717) is 24.9 Å². The number of hydrogen-bond acceptors (Lipinski definition) is 7. The highest BCUT2D eigenvalue weighted by Gasteiger charge is 2.34. The zero-order valence-corrected chi connectivity index (χ0v) is 19.9. The van der Waals surface area contributed by atoms with Gasteiger partial charge in [0, 0.05) is 38.2 Å². The second-order valence-electron chi connectivity index (χ2n) is 8.15. The van der Waals surface area contributed by atoms with Gasteiger partial charge in [0.05, 0.1) is 26.6 Å². The van der Waals surface area contributed by atoms with Crippen molar-refractivity contribution in [3.8, 4) is 0 Å². The molecule has 11 heteroatoms. The smallest absolute Gasteiger partial charge is 0.270 e. The number of nitro benzene ring substituents is 1. The van der Waals surface area contributed by atoms with Crippen LogP contribution >= 0.6 is 11.3 Å². The van der Waals surface area contributed by atoms with Crippen LogP contribution in [0.4, 0.5) is 5.69 Å². The Balaban J connectivity index is 1.41. The van der Waals surface area contributed by atoms with Crippen LogP contribution < -0.4 is 0 Å². The molecule has 1 aromatic heterocycles. The zero-order chi connectivity index (χ0) is 23.8. The lowest BCUT2D eigenvalue weighted by Gasteiger charge is -2.32. The number of aryl methyl sites for hydroxylation is 1. The number of fused-ring (bicyclic) bond motifs is 1. The number of aromatic nitrogens is 1. The van der Waals surface area contributed by atoms with E-state index in [9.17, 15) is 23.3 Å². The van der Waals surface area contributed by atoms with Gasteiger partial charge in [-0.1, -0.05) is 18.2 Å². The molecule has 9 nitrogen and oxygen atoms in total. The number of hydrogen-bond donors (Lipinski definition) is 0. The van der Waals surface area contributed by atoms with Crippen LogP contribution in [0.1, 0.15) is 23.4 Å². The molecule has 0 radical (unpaired) electrons. The summed E-state index contributed by atoms with van der Waals surface area (Å²) in [6, 6.07) is 11.7. The summed E-state index contributed by atoms with van der Waals surface area (Å²) in [7, 11) is -2.15. The predicted molar refractivity (Wildman–Crippen MR) is 125 cm³/mol. The van der Waals surface area contributed by atoms with Gasteiger partial charge in [0.15, 0.2) is 0 Å². The van der Waals surface area contributed by atoms with E-state index >= 15 is 0 Å². The quantitative estimate of drug-likeness (QED) is 0.387. The van der Waals surface area contributed by atoms with Crippen LogP contribution in [-0.4, -0.2) is 53.6 Å². The summed E-state index contributed by atoms with van der Waals surface area (Å²) in [5, 5.41) is 11.9. The summed E-state index contributed by atoms with van der Waals surface area (Å²) in [5.74, 6) is -0.306. The predicted octanol–water partition coefficient (Wildman–Crippen LogP) is 3.57. The van der Waals surface area contributed by atoms with Gasteiger partial charge in [-0.15, -0.1) is 11.3 Å². The summed E-state index contributed by atoms with van der Waals surface area (Å²) < 4.78 is 28.6. The molecule has 4 rings (SSSR count). The number of amides is 1. The molecule has 0 spiro atoms. The van der Waals surface area contributed by atoms with E-state index in [0.717, 1.165) is 21.3 Å². The first-order valence-electron chi connectivity index (χ1n) is 10.5. The van der Waals surface area contributed by atoms with Gasteiger partial charge in [-0.05, 0) is 37.5 Å². The maximum absolute atomic E-state index is 13.1. The Labute approximate surface area is 195 Å². The molecule has 2 aromatic carbocycles. The van der Waals surface area contributed by atoms with Crippen LogP contribution in [0.2, 0.25) is 0 Å². The van der Waals surface area contributed by atoms with E-state index < -0.39 is 14.9 Å². The highest BCUT2D eigenvalue weighted by molar-refractivity contribution is 7.89. The number of carbonyl (C=O) groups excluding carboxylic acids is 1. The molecule has 0 atom stereocenters. The SMILES string of the molecule is Cc1ccc([N+](=O)[O-])cc1S(=O)(=O)N1CCC(C(=O)N(C)Cc2nc3ccccc3s2)CC1. The number of benzene rings is 2. The molecule has 1 aliphatic rings. The lowest BCUT2D eigenvalue weighted by molar-refractivity contribution is -0.385. The number of carbonyl (C=O) groups is 1. The van der Waals surface area contributed by atoms with E-state index in [1.165, 1.54) is 16.4 Å². The maximum Gasteiger partial charge on any atom is 0.270 e. The molecular formula is C22H24N4O5S2. The second-order valence-corrected chi connectivity index (χ2v) is 11.2. The highest BCUT2D eigenvalue weighted by atomic mass is 32.2. The Morgan fingerprint density at radius 3 is 2.61 bits per heavy atom. The van der Waals surface area contributed by atoms with Crippen molar-refractivity contribution in [1.29, 1.82) is 0 Å². The van der Waals surface area contributed by atoms with Crippen LogP contribution in [-0.2, 0) is 21.4 Å². The van der Waals surface area contributed by atoms with Crippen LogP contribution in [0, 0.1) is 23.0 Å². The minimum Gasteiger partial charge on any atom is -0.339 e. The Morgan fingerprint density at radius 1 is 1.24 bits per heavy atom. The first kappa shape index (κ1) is 23.3. The molecule has 0 unspecified atom stereocenters. The lowest BCUT2D eigenvalue weighted by atomic mass is 9.97. The molecular weight excluding hydrogens is 464 g/mol. The molecule has 1 aliphatic heterocycles. The molecule has 0 aliphatic carbocycles. The number of rotatable bonds is 6. The van der Waals surface area contributed by atoms with Crippen molar-refractivity contribution in [2.75, 3.05) is 20.1 Å². The Bertz CT molecular complexity index is 1280. The highest BCUT2D eigenvalue weighted by Crippen LogP contribution is 2.29. The fourth-order valence-corrected chi connectivity index (χ4v) is 6.78. The van der Waals surface area contributed by atoms with Gasteiger partial charge in [-0.2, -0.15) is 4.31 Å². The molecule has 0 saturated carbocycles. The lowest BCUT2D eigenvalue weighted by Crippen LogP contribution is -2.43. The number of thiazole rings is 1. The van der Waals surface area contributed by atoms with E-state index in [2.05, 4.69) is 4.98 Å². The maximum atomic E-state index is 13.1. The largest absolute Gasteiger partial charge is 0.339 e. The molecule has 33 heavy (non-hydrogen) atoms. The first-order chi connectivity index (χ1) is 15.7. The van der Waals surface area contributed by atoms with Crippen molar-refractivity contribution in [2.24, 2.45) is 5.92 Å². The minimum absolute atomic E-state index is 0.0298. The third-order valence-electron chi connectivity index (χ3n) is 5.89. The summed E-state index contributed by atoms with van der Waals surface area (Å²) >= 11 is 1.56. The fourth-order valence-electron chi connectivity index (χ4n) is 4.04. The van der Waals surface area contributed by atoms with Crippen molar-refractivity contribution in [1.82, 2.24) is 14.2 Å². The molecule has 1 saturated heterocycles. The molecule has 3 aromatic rings. The molecule has 174 valence electrons. The minimum atomic E-state index is -3.89. The average molecular weight is 489 g/mol. The van der Waals surface area contributed by atoms with Crippen LogP contribution in [0.5, 0.6) is 0 Å². The number of nitrogens with zero attached hydrogens (tertiary/aromatic N) is 4. The third kappa shape index (κ3) is 4.75. The zero-order valence-electron chi connectivity index (χ0n) is 18.3. The summed E-state index contributed by atoms with van der Waals surface area (Å²) in [4.78, 5) is 29.6. The second kappa shape index (κ2) is 9.16. The van der Waals surface area contributed by atoms with Crippen LogP contribution in [0.15, 0.2) is 47.4 Å². The molecule has 1 amide bonds. The van der Waals surface area contributed by atoms with E-state index in [1.54, 1.807) is 30.2 Å². The average Bonchev–Trinajstić information content (AvgIpc) is 3.21. The Morgan fingerprint density at radius 2 is 1.94 bits per heavy atom. The Hall–Kier alpha value is -2.89. The van der Waals surface area contributed by atoms with E-state index in [1.807, 2.05) is 24.3 Å². The molecule has 1 fully saturated rings. The van der Waals surface area contributed by atoms with Gasteiger partial charge in [0.25, 0.3) is 5.69 Å². The van der Waals surface area contributed by atoms with Gasteiger partial charge in [0.2, 0.25) is 15.9 Å². The van der Waals surface area contributed by atoms with Gasteiger partial charge in [0.1, 0.15) is 5.01 Å². The van der Waals surface area contributed by atoms with Crippen LogP contribution in [0.25, 0.3) is 10.2 Å². The van der Waals surface area contributed by atoms with Crippen molar-refractivity contribution in [3.05, 3.63) is 63.1 Å². The van der Waals surface area contributed by atoms with Crippen molar-refractivity contribution in [3.63, 3.8) is 0 Å². The standard InChI is InChI=1S/C22H24N4O5S2/c1-15-7-8-17(26(28)29)13-20(15)33(30,31)25-11-9-16(10-12-25)22(27)24(2)14-21-23-18-5-3-4-6-19(18)32-21/h3-8,13,16H,9-12,14H2,1-2H3. The number of nitro groups is 1. The molecule has 0 bridgehead atoms. The first-order valence-corrected chi connectivity index (χ1v) is 12.8. The van der Waals surface area contributed by atoms with Gasteiger partial charge in [-0.3, -0.25) is 14.9 Å². The summed E-state index contributed by atoms with van der Waals surface area (Å²) in [5.41, 5.74) is 1.10. The monoisotopic (exact) mass is 488 g/mol. The number of sulfonamides is 1. The number of para-hydroxylation sites is 1. The van der Waals surface area contributed by atoms with Crippen molar-refractivity contribution >= 4 is 43.2 Å². The van der Waals surface area contributed by atoms with Gasteiger partial charge >= 0.3 is 0 Å².